The molecule has 0 saturated heterocycles. The van der Waals surface area contributed by atoms with E-state index in [-0.39, 0.29) is 17.0 Å². The Hall–Kier alpha value is -3.04. The van der Waals surface area contributed by atoms with Gasteiger partial charge in [-0.05, 0) is 29.8 Å². The lowest BCUT2D eigenvalue weighted by molar-refractivity contribution is 0.396. The molecule has 0 unspecified atom stereocenters. The number of aromatic nitrogens is 1. The highest BCUT2D eigenvalue weighted by Gasteiger charge is 2.35. The summed E-state index contributed by atoms with van der Waals surface area (Å²) in [6.45, 7) is 0. The Labute approximate surface area is 158 Å². The smallest absolute Gasteiger partial charge is 0.258 e. The number of fused-ring (bicyclic) bond motifs is 3. The van der Waals surface area contributed by atoms with Crippen molar-refractivity contribution in [2.75, 3.05) is 0 Å². The summed E-state index contributed by atoms with van der Waals surface area (Å²) in [5.74, 6) is -0.111. The zero-order chi connectivity index (χ0) is 18.4. The fraction of sp³-hybridized carbons (Fsp3) is 0.100. The molecule has 1 aliphatic heterocycles. The zero-order valence-electron chi connectivity index (χ0n) is 13.9. The molecule has 6 heteroatoms. The van der Waals surface area contributed by atoms with Gasteiger partial charge >= 0.3 is 0 Å². The van der Waals surface area contributed by atoms with Crippen LogP contribution in [-0.2, 0) is 7.05 Å². The second-order valence-corrected chi connectivity index (χ2v) is 7.02. The number of aryl methyl sites for hydroxylation is 1. The van der Waals surface area contributed by atoms with Gasteiger partial charge in [-0.2, -0.15) is 5.26 Å². The predicted molar refractivity (Wildman–Crippen MR) is 103 cm³/mol. The van der Waals surface area contributed by atoms with Gasteiger partial charge < -0.3 is 15.0 Å². The molecule has 0 radical (unpaired) electrons. The summed E-state index contributed by atoms with van der Waals surface area (Å²) in [5.41, 5.74) is 8.09. The lowest BCUT2D eigenvalue weighted by Gasteiger charge is -2.27. The van der Waals surface area contributed by atoms with Gasteiger partial charge in [-0.15, -0.1) is 0 Å². The molecule has 0 amide bonds. The third-order valence-electron chi connectivity index (χ3n) is 4.67. The summed E-state index contributed by atoms with van der Waals surface area (Å²) in [6, 6.07) is 17.1. The zero-order valence-corrected chi connectivity index (χ0v) is 15.4. The van der Waals surface area contributed by atoms with E-state index in [1.807, 2.05) is 48.5 Å². The van der Waals surface area contributed by atoms with Crippen molar-refractivity contribution in [3.05, 3.63) is 85.9 Å². The van der Waals surface area contributed by atoms with Crippen molar-refractivity contribution in [2.45, 2.75) is 5.92 Å². The molecule has 26 heavy (non-hydrogen) atoms. The molecule has 0 aliphatic carbocycles. The average molecular weight is 408 g/mol. The van der Waals surface area contributed by atoms with Crippen LogP contribution < -0.4 is 16.0 Å². The molecule has 4 rings (SSSR count). The first-order valence-corrected chi connectivity index (χ1v) is 8.77. The molecule has 1 aliphatic rings. The van der Waals surface area contributed by atoms with Crippen LogP contribution in [0.5, 0.6) is 5.75 Å². The van der Waals surface area contributed by atoms with Crippen LogP contribution in [0.2, 0.25) is 0 Å². The second-order valence-electron chi connectivity index (χ2n) is 6.10. The van der Waals surface area contributed by atoms with Crippen molar-refractivity contribution in [1.29, 1.82) is 5.26 Å². The van der Waals surface area contributed by atoms with E-state index in [1.54, 1.807) is 11.6 Å². The summed E-state index contributed by atoms with van der Waals surface area (Å²) in [6.07, 6.45) is 0. The summed E-state index contributed by atoms with van der Waals surface area (Å²) in [5, 5.41) is 10.4. The number of pyridine rings is 1. The molecule has 0 spiro atoms. The Morgan fingerprint density at radius 1 is 1.19 bits per heavy atom. The van der Waals surface area contributed by atoms with Gasteiger partial charge in [0.1, 0.15) is 17.4 Å². The van der Waals surface area contributed by atoms with Crippen molar-refractivity contribution in [1.82, 2.24) is 4.57 Å². The Kier molecular flexibility index (Phi) is 3.82. The van der Waals surface area contributed by atoms with Gasteiger partial charge in [0.15, 0.2) is 0 Å². The highest BCUT2D eigenvalue weighted by molar-refractivity contribution is 9.10. The lowest BCUT2D eigenvalue weighted by atomic mass is 9.83. The van der Waals surface area contributed by atoms with Crippen LogP contribution >= 0.6 is 15.9 Å². The quantitative estimate of drug-likeness (QED) is 0.668. The molecule has 0 saturated carbocycles. The van der Waals surface area contributed by atoms with Crippen LogP contribution in [0.15, 0.2) is 69.3 Å². The number of ether oxygens (including phenoxy) is 1. The molecule has 2 N–H and O–H groups in total. The van der Waals surface area contributed by atoms with E-state index in [2.05, 4.69) is 22.0 Å². The van der Waals surface area contributed by atoms with Crippen LogP contribution in [0.3, 0.4) is 0 Å². The summed E-state index contributed by atoms with van der Waals surface area (Å²) in [7, 11) is 1.72. The molecule has 3 aromatic rings. The van der Waals surface area contributed by atoms with E-state index >= 15 is 0 Å². The number of hydrogen-bond donors (Lipinski definition) is 1. The van der Waals surface area contributed by atoms with Gasteiger partial charge in [0.2, 0.25) is 5.88 Å². The minimum atomic E-state index is -0.569. The number of allylic oxidation sites excluding steroid dienone is 1. The van der Waals surface area contributed by atoms with E-state index in [9.17, 15) is 10.1 Å². The first-order valence-electron chi connectivity index (χ1n) is 7.97. The average Bonchev–Trinajstić information content (AvgIpc) is 2.66. The van der Waals surface area contributed by atoms with Gasteiger partial charge in [0.25, 0.3) is 5.56 Å². The number of hydrogen-bond acceptors (Lipinski definition) is 4. The Morgan fingerprint density at radius 2 is 1.88 bits per heavy atom. The topological polar surface area (TPSA) is 81.0 Å². The molecule has 0 bridgehead atoms. The maximum atomic E-state index is 13.1. The standard InChI is InChI=1S/C20H14BrN3O2/c1-24-15-5-3-2-4-13(15)18-17(20(24)25)16(14(10-22)19(23)26-18)11-6-8-12(21)9-7-11/h2-9,16H,23H2,1H3/t16-/m1/s1. The van der Waals surface area contributed by atoms with Crippen LogP contribution in [-0.4, -0.2) is 4.57 Å². The maximum Gasteiger partial charge on any atom is 0.258 e. The SMILES string of the molecule is Cn1c(=O)c2c(c3ccccc31)OC(N)=C(C#N)[C@H]2c1ccc(Br)cc1. The summed E-state index contributed by atoms with van der Waals surface area (Å²) in [4.78, 5) is 13.1. The van der Waals surface area contributed by atoms with Crippen LogP contribution in [0.1, 0.15) is 17.0 Å². The van der Waals surface area contributed by atoms with Gasteiger partial charge in [0, 0.05) is 16.9 Å². The van der Waals surface area contributed by atoms with Crippen LogP contribution in [0.25, 0.3) is 10.9 Å². The second kappa shape index (κ2) is 6.04. The number of halogens is 1. The van der Waals surface area contributed by atoms with Crippen molar-refractivity contribution in [2.24, 2.45) is 12.8 Å². The number of para-hydroxylation sites is 1. The molecule has 1 aromatic heterocycles. The molecule has 128 valence electrons. The molecule has 2 heterocycles. The summed E-state index contributed by atoms with van der Waals surface area (Å²) >= 11 is 3.41. The predicted octanol–water partition coefficient (Wildman–Crippen LogP) is 3.52. The van der Waals surface area contributed by atoms with Crippen LogP contribution in [0.4, 0.5) is 0 Å². The fourth-order valence-corrected chi connectivity index (χ4v) is 3.68. The van der Waals surface area contributed by atoms with Crippen molar-refractivity contribution in [3.63, 3.8) is 0 Å². The van der Waals surface area contributed by atoms with Gasteiger partial charge in [-0.25, -0.2) is 0 Å². The third-order valence-corrected chi connectivity index (χ3v) is 5.20. The number of nitrogens with zero attached hydrogens (tertiary/aromatic N) is 2. The first-order chi connectivity index (χ1) is 12.5. The van der Waals surface area contributed by atoms with Crippen molar-refractivity contribution in [3.8, 4) is 11.8 Å². The van der Waals surface area contributed by atoms with Crippen LogP contribution in [0, 0.1) is 11.3 Å². The maximum absolute atomic E-state index is 13.1. The molecular formula is C20H14BrN3O2. The highest BCUT2D eigenvalue weighted by atomic mass is 79.9. The summed E-state index contributed by atoms with van der Waals surface area (Å²) < 4.78 is 8.27. The normalized spacial score (nSPS) is 16.1. The Bertz CT molecular complexity index is 1170. The molecule has 0 fully saturated rings. The number of rotatable bonds is 1. The Morgan fingerprint density at radius 3 is 2.58 bits per heavy atom. The monoisotopic (exact) mass is 407 g/mol. The first kappa shape index (κ1) is 16.4. The van der Waals surface area contributed by atoms with E-state index in [4.69, 9.17) is 10.5 Å². The van der Waals surface area contributed by atoms with Crippen molar-refractivity contribution < 1.29 is 4.74 Å². The van der Waals surface area contributed by atoms with Gasteiger partial charge in [-0.1, -0.05) is 40.2 Å². The largest absolute Gasteiger partial charge is 0.439 e. The third kappa shape index (κ3) is 2.32. The van der Waals surface area contributed by atoms with Gasteiger partial charge in [0.05, 0.1) is 17.0 Å². The Balaban J connectivity index is 2.12. The van der Waals surface area contributed by atoms with Gasteiger partial charge in [-0.3, -0.25) is 4.79 Å². The van der Waals surface area contributed by atoms with E-state index in [0.717, 1.165) is 20.9 Å². The number of nitriles is 1. The van der Waals surface area contributed by atoms with Crippen molar-refractivity contribution >= 4 is 26.8 Å². The highest BCUT2D eigenvalue weighted by Crippen LogP contribution is 2.43. The molecular weight excluding hydrogens is 394 g/mol. The van der Waals surface area contributed by atoms with E-state index < -0.39 is 5.92 Å². The van der Waals surface area contributed by atoms with E-state index in [0.29, 0.717) is 11.3 Å². The minimum absolute atomic E-state index is 0.0336. The molecule has 1 atom stereocenters. The van der Waals surface area contributed by atoms with E-state index in [1.165, 1.54) is 0 Å². The molecule has 5 nitrogen and oxygen atoms in total. The minimum Gasteiger partial charge on any atom is -0.439 e. The number of benzene rings is 2. The lowest BCUT2D eigenvalue weighted by Crippen LogP contribution is -2.31. The number of nitrogens with two attached hydrogens (primary N) is 1. The molecule has 2 aromatic carbocycles. The fourth-order valence-electron chi connectivity index (χ4n) is 3.41.